The summed E-state index contributed by atoms with van der Waals surface area (Å²) in [6, 6.07) is 4.23. The summed E-state index contributed by atoms with van der Waals surface area (Å²) in [4.78, 5) is 7.32. The zero-order valence-corrected chi connectivity index (χ0v) is 10.6. The first kappa shape index (κ1) is 12.6. The van der Waals surface area contributed by atoms with Crippen LogP contribution < -0.4 is 10.5 Å². The number of halogens is 1. The molecule has 3 N–H and O–H groups in total. The Kier molecular flexibility index (Phi) is 3.35. The summed E-state index contributed by atoms with van der Waals surface area (Å²) in [5.41, 5.74) is 6.10. The second-order valence-corrected chi connectivity index (χ2v) is 5.48. The predicted octanol–water partition coefficient (Wildman–Crippen LogP) is 1.51. The summed E-state index contributed by atoms with van der Waals surface area (Å²) in [7, 11) is -3.81. The molecule has 0 radical (unpaired) electrons. The number of anilines is 2. The van der Waals surface area contributed by atoms with Gasteiger partial charge in [0, 0.05) is 5.69 Å². The molecule has 0 atom stereocenters. The van der Waals surface area contributed by atoms with Gasteiger partial charge < -0.3 is 5.73 Å². The van der Waals surface area contributed by atoms with Crippen molar-refractivity contribution >= 4 is 33.0 Å². The molecule has 0 saturated heterocycles. The highest BCUT2D eigenvalue weighted by atomic mass is 35.5. The lowest BCUT2D eigenvalue weighted by molar-refractivity contribution is 0.601. The highest BCUT2D eigenvalue weighted by molar-refractivity contribution is 7.92. The Morgan fingerprint density at radius 1 is 1.22 bits per heavy atom. The number of benzene rings is 1. The van der Waals surface area contributed by atoms with Gasteiger partial charge in [0.2, 0.25) is 0 Å². The first-order valence-corrected chi connectivity index (χ1v) is 6.68. The number of hydrogen-bond acceptors (Lipinski definition) is 5. The molecule has 0 bridgehead atoms. The van der Waals surface area contributed by atoms with Gasteiger partial charge in [-0.05, 0) is 18.2 Å². The van der Waals surface area contributed by atoms with Crippen molar-refractivity contribution < 1.29 is 8.42 Å². The van der Waals surface area contributed by atoms with E-state index in [1.807, 2.05) is 0 Å². The normalized spacial score (nSPS) is 11.2. The van der Waals surface area contributed by atoms with Crippen molar-refractivity contribution in [1.29, 1.82) is 0 Å². The Morgan fingerprint density at radius 3 is 2.56 bits per heavy atom. The van der Waals surface area contributed by atoms with Crippen LogP contribution in [0.2, 0.25) is 5.02 Å². The SMILES string of the molecule is Nc1ccc(Cl)c(S(=O)(=O)Nc2cncnc2)c1. The van der Waals surface area contributed by atoms with E-state index in [1.165, 1.54) is 36.9 Å². The summed E-state index contributed by atoms with van der Waals surface area (Å²) < 4.78 is 26.4. The van der Waals surface area contributed by atoms with E-state index in [-0.39, 0.29) is 15.6 Å². The van der Waals surface area contributed by atoms with Gasteiger partial charge in [-0.25, -0.2) is 18.4 Å². The molecule has 2 aromatic rings. The Bertz CT molecular complexity index is 661. The van der Waals surface area contributed by atoms with Crippen molar-refractivity contribution in [1.82, 2.24) is 9.97 Å². The van der Waals surface area contributed by atoms with E-state index >= 15 is 0 Å². The number of nitrogen functional groups attached to an aromatic ring is 1. The molecule has 0 saturated carbocycles. The van der Waals surface area contributed by atoms with Crippen LogP contribution in [0.15, 0.2) is 41.8 Å². The third kappa shape index (κ3) is 2.69. The van der Waals surface area contributed by atoms with Crippen LogP contribution in [0.4, 0.5) is 11.4 Å². The molecule has 1 heterocycles. The maximum absolute atomic E-state index is 12.1. The highest BCUT2D eigenvalue weighted by Gasteiger charge is 2.18. The van der Waals surface area contributed by atoms with Crippen LogP contribution in [-0.4, -0.2) is 18.4 Å². The molecule has 0 aliphatic heterocycles. The Balaban J connectivity index is 2.40. The fourth-order valence-corrected chi connectivity index (χ4v) is 2.85. The quantitative estimate of drug-likeness (QED) is 0.833. The molecule has 1 aromatic carbocycles. The number of nitrogens with zero attached hydrogens (tertiary/aromatic N) is 2. The van der Waals surface area contributed by atoms with Crippen molar-refractivity contribution in [2.24, 2.45) is 0 Å². The number of hydrogen-bond donors (Lipinski definition) is 2. The monoisotopic (exact) mass is 284 g/mol. The Labute approximate surface area is 109 Å². The molecule has 8 heteroatoms. The average molecular weight is 285 g/mol. The molecule has 0 fully saturated rings. The zero-order chi connectivity index (χ0) is 13.2. The number of nitrogens with one attached hydrogen (secondary N) is 1. The molecule has 0 aliphatic rings. The zero-order valence-electron chi connectivity index (χ0n) is 9.04. The minimum absolute atomic E-state index is 0.0898. The summed E-state index contributed by atoms with van der Waals surface area (Å²) in [6.07, 6.45) is 3.97. The van der Waals surface area contributed by atoms with E-state index in [0.717, 1.165) is 0 Å². The maximum atomic E-state index is 12.1. The third-order valence-corrected chi connectivity index (χ3v) is 3.92. The molecule has 0 spiro atoms. The molecule has 0 aliphatic carbocycles. The fourth-order valence-electron chi connectivity index (χ4n) is 1.29. The minimum Gasteiger partial charge on any atom is -0.399 e. The average Bonchev–Trinajstić information content (AvgIpc) is 2.33. The van der Waals surface area contributed by atoms with Crippen LogP contribution in [-0.2, 0) is 10.0 Å². The van der Waals surface area contributed by atoms with E-state index in [0.29, 0.717) is 5.69 Å². The Morgan fingerprint density at radius 2 is 1.89 bits per heavy atom. The fraction of sp³-hybridized carbons (Fsp3) is 0. The van der Waals surface area contributed by atoms with E-state index in [4.69, 9.17) is 17.3 Å². The molecule has 1 aromatic heterocycles. The predicted molar refractivity (Wildman–Crippen MR) is 68.7 cm³/mol. The lowest BCUT2D eigenvalue weighted by Gasteiger charge is -2.09. The molecule has 0 unspecified atom stereocenters. The second kappa shape index (κ2) is 4.79. The van der Waals surface area contributed by atoms with Crippen LogP contribution in [0.3, 0.4) is 0 Å². The van der Waals surface area contributed by atoms with E-state index in [1.54, 1.807) is 0 Å². The van der Waals surface area contributed by atoms with Gasteiger partial charge in [-0.2, -0.15) is 0 Å². The van der Waals surface area contributed by atoms with E-state index in [9.17, 15) is 8.42 Å². The summed E-state index contributed by atoms with van der Waals surface area (Å²) in [5, 5.41) is 0.0912. The summed E-state index contributed by atoms with van der Waals surface area (Å²) in [5.74, 6) is 0. The van der Waals surface area contributed by atoms with Crippen LogP contribution in [0.25, 0.3) is 0 Å². The molecular weight excluding hydrogens is 276 g/mol. The smallest absolute Gasteiger partial charge is 0.263 e. The number of sulfonamides is 1. The largest absolute Gasteiger partial charge is 0.399 e. The van der Waals surface area contributed by atoms with Gasteiger partial charge in [0.15, 0.2) is 0 Å². The van der Waals surface area contributed by atoms with Crippen molar-refractivity contribution in [2.45, 2.75) is 4.90 Å². The van der Waals surface area contributed by atoms with Gasteiger partial charge in [-0.3, -0.25) is 4.72 Å². The lowest BCUT2D eigenvalue weighted by Crippen LogP contribution is -2.14. The standard InChI is InChI=1S/C10H9ClN4O2S/c11-9-2-1-7(12)3-10(9)18(16,17)15-8-4-13-6-14-5-8/h1-6,15H,12H2. The first-order valence-electron chi connectivity index (χ1n) is 4.82. The first-order chi connectivity index (χ1) is 8.49. The van der Waals surface area contributed by atoms with Crippen molar-refractivity contribution in [3.05, 3.63) is 41.9 Å². The van der Waals surface area contributed by atoms with Gasteiger partial charge in [0.05, 0.1) is 23.1 Å². The van der Waals surface area contributed by atoms with Crippen LogP contribution >= 0.6 is 11.6 Å². The third-order valence-electron chi connectivity index (χ3n) is 2.06. The molecule has 0 amide bonds. The van der Waals surface area contributed by atoms with Crippen LogP contribution in [0.1, 0.15) is 0 Å². The lowest BCUT2D eigenvalue weighted by atomic mass is 10.3. The molecule has 2 rings (SSSR count). The Hall–Kier alpha value is -1.86. The second-order valence-electron chi connectivity index (χ2n) is 3.42. The van der Waals surface area contributed by atoms with Crippen molar-refractivity contribution in [2.75, 3.05) is 10.5 Å². The van der Waals surface area contributed by atoms with Gasteiger partial charge in [0.1, 0.15) is 11.2 Å². The van der Waals surface area contributed by atoms with Gasteiger partial charge in [-0.15, -0.1) is 0 Å². The highest BCUT2D eigenvalue weighted by Crippen LogP contribution is 2.25. The molecule has 6 nitrogen and oxygen atoms in total. The van der Waals surface area contributed by atoms with Crippen LogP contribution in [0.5, 0.6) is 0 Å². The van der Waals surface area contributed by atoms with E-state index in [2.05, 4.69) is 14.7 Å². The minimum atomic E-state index is -3.81. The van der Waals surface area contributed by atoms with Gasteiger partial charge in [0.25, 0.3) is 10.0 Å². The maximum Gasteiger partial charge on any atom is 0.263 e. The van der Waals surface area contributed by atoms with Crippen LogP contribution in [0, 0.1) is 0 Å². The van der Waals surface area contributed by atoms with Crippen molar-refractivity contribution in [3.8, 4) is 0 Å². The molecular formula is C10H9ClN4O2S. The molecule has 94 valence electrons. The topological polar surface area (TPSA) is 98.0 Å². The molecule has 18 heavy (non-hydrogen) atoms. The number of aromatic nitrogens is 2. The van der Waals surface area contributed by atoms with Gasteiger partial charge >= 0.3 is 0 Å². The summed E-state index contributed by atoms with van der Waals surface area (Å²) in [6.45, 7) is 0. The number of rotatable bonds is 3. The summed E-state index contributed by atoms with van der Waals surface area (Å²) >= 11 is 5.84. The number of nitrogens with two attached hydrogens (primary N) is 1. The van der Waals surface area contributed by atoms with Gasteiger partial charge in [-0.1, -0.05) is 11.6 Å². The van der Waals surface area contributed by atoms with Crippen molar-refractivity contribution in [3.63, 3.8) is 0 Å². The van der Waals surface area contributed by atoms with E-state index < -0.39 is 10.0 Å².